The molecule has 9 nitrogen and oxygen atoms in total. The Morgan fingerprint density at radius 3 is 2.09 bits per heavy atom. The molecule has 130 valence electrons. The molecule has 1 unspecified atom stereocenters. The molecule has 0 spiro atoms. The highest BCUT2D eigenvalue weighted by Gasteiger charge is 2.20. The number of carbonyl (C=O) groups is 3. The normalized spacial score (nSPS) is 17.3. The fourth-order valence-electron chi connectivity index (χ4n) is 1.26. The van der Waals surface area contributed by atoms with Gasteiger partial charge in [-0.2, -0.15) is 11.8 Å². The van der Waals surface area contributed by atoms with Crippen molar-refractivity contribution in [2.45, 2.75) is 31.3 Å². The van der Waals surface area contributed by atoms with Crippen LogP contribution in [-0.2, 0) is 14.4 Å². The third-order valence-corrected chi connectivity index (χ3v) is 3.13. The van der Waals surface area contributed by atoms with Crippen LogP contribution in [0.2, 0.25) is 0 Å². The summed E-state index contributed by atoms with van der Waals surface area (Å²) in [5.74, 6) is -1.79. The van der Waals surface area contributed by atoms with Crippen molar-refractivity contribution < 1.29 is 29.7 Å². The first-order valence-corrected chi connectivity index (χ1v) is 8.01. The summed E-state index contributed by atoms with van der Waals surface area (Å²) < 4.78 is 0. The van der Waals surface area contributed by atoms with E-state index in [4.69, 9.17) is 21.1 Å². The molecule has 1 aliphatic heterocycles. The topological polar surface area (TPSA) is 176 Å². The third kappa shape index (κ3) is 15.0. The number of aliphatic carboxylic acids is 3. The average molecular weight is 339 g/mol. The van der Waals surface area contributed by atoms with E-state index < -0.39 is 23.9 Å². The summed E-state index contributed by atoms with van der Waals surface area (Å²) in [5.41, 5.74) is 9.76. The third-order valence-electron chi connectivity index (χ3n) is 2.48. The van der Waals surface area contributed by atoms with E-state index in [9.17, 15) is 14.4 Å². The van der Waals surface area contributed by atoms with Crippen molar-refractivity contribution in [3.8, 4) is 0 Å². The number of nitrogens with two attached hydrogens (primary N) is 2. The van der Waals surface area contributed by atoms with Gasteiger partial charge < -0.3 is 32.1 Å². The van der Waals surface area contributed by atoms with Crippen LogP contribution in [-0.4, -0.2) is 70.4 Å². The van der Waals surface area contributed by atoms with Gasteiger partial charge in [0.1, 0.15) is 12.1 Å². The lowest BCUT2D eigenvalue weighted by atomic mass is 10.2. The van der Waals surface area contributed by atoms with Gasteiger partial charge in [0.25, 0.3) is 0 Å². The summed E-state index contributed by atoms with van der Waals surface area (Å²) in [6.45, 7) is 0.580. The van der Waals surface area contributed by atoms with E-state index in [0.29, 0.717) is 6.42 Å². The van der Waals surface area contributed by atoms with Crippen molar-refractivity contribution in [3.05, 3.63) is 0 Å². The second kappa shape index (κ2) is 14.6. The van der Waals surface area contributed by atoms with Crippen molar-refractivity contribution in [1.82, 2.24) is 5.32 Å². The number of nitrogens with one attached hydrogen (secondary N) is 1. The van der Waals surface area contributed by atoms with Crippen LogP contribution in [0, 0.1) is 0 Å². The number of rotatable bonds is 6. The molecule has 0 bridgehead atoms. The van der Waals surface area contributed by atoms with Gasteiger partial charge in [0, 0.05) is 0 Å². The van der Waals surface area contributed by atoms with E-state index in [0.717, 1.165) is 25.1 Å². The molecule has 2 atom stereocenters. The van der Waals surface area contributed by atoms with E-state index in [-0.39, 0.29) is 12.6 Å². The Hall–Kier alpha value is -1.36. The predicted molar refractivity (Wildman–Crippen MR) is 84.0 cm³/mol. The Bertz CT molecular complexity index is 337. The number of hydrogen-bond acceptors (Lipinski definition) is 7. The van der Waals surface area contributed by atoms with Crippen LogP contribution in [0.3, 0.4) is 0 Å². The molecule has 1 heterocycles. The molecule has 0 aromatic carbocycles. The van der Waals surface area contributed by atoms with Gasteiger partial charge in [0.15, 0.2) is 0 Å². The number of hydrogen-bond donors (Lipinski definition) is 6. The first-order valence-electron chi connectivity index (χ1n) is 6.61. The first kappa shape index (κ1) is 22.9. The summed E-state index contributed by atoms with van der Waals surface area (Å²) in [6, 6.07) is -0.951. The van der Waals surface area contributed by atoms with Gasteiger partial charge in [-0.15, -0.1) is 0 Å². The van der Waals surface area contributed by atoms with Gasteiger partial charge in [0.2, 0.25) is 0 Å². The van der Waals surface area contributed by atoms with Gasteiger partial charge >= 0.3 is 17.9 Å². The van der Waals surface area contributed by atoms with Gasteiger partial charge in [-0.05, 0) is 37.8 Å². The Kier molecular flexibility index (Phi) is 15.2. The van der Waals surface area contributed by atoms with E-state index >= 15 is 0 Å². The highest BCUT2D eigenvalue weighted by molar-refractivity contribution is 7.98. The zero-order chi connectivity index (χ0) is 17.5. The molecule has 0 aromatic rings. The second-order valence-corrected chi connectivity index (χ2v) is 5.30. The van der Waals surface area contributed by atoms with Crippen LogP contribution in [0.15, 0.2) is 0 Å². The fourth-order valence-corrected chi connectivity index (χ4v) is 1.75. The zero-order valence-electron chi connectivity index (χ0n) is 12.5. The Morgan fingerprint density at radius 1 is 1.32 bits per heavy atom. The zero-order valence-corrected chi connectivity index (χ0v) is 13.3. The molecule has 0 aliphatic carbocycles. The monoisotopic (exact) mass is 339 g/mol. The van der Waals surface area contributed by atoms with Gasteiger partial charge in [0.05, 0.1) is 6.54 Å². The lowest BCUT2D eigenvalue weighted by Gasteiger charge is -2.02. The minimum Gasteiger partial charge on any atom is -0.480 e. The molecule has 0 saturated carbocycles. The molecule has 1 fully saturated rings. The van der Waals surface area contributed by atoms with Crippen LogP contribution in [0.5, 0.6) is 0 Å². The fraction of sp³-hybridized carbons (Fsp3) is 0.750. The van der Waals surface area contributed by atoms with E-state index in [1.807, 2.05) is 6.26 Å². The van der Waals surface area contributed by atoms with Gasteiger partial charge in [-0.1, -0.05) is 0 Å². The molecule has 0 amide bonds. The summed E-state index contributed by atoms with van der Waals surface area (Å²) in [6.07, 6.45) is 4.26. The largest absolute Gasteiger partial charge is 0.480 e. The Morgan fingerprint density at radius 2 is 1.86 bits per heavy atom. The lowest BCUT2D eigenvalue weighted by molar-refractivity contribution is -0.139. The molecule has 1 aliphatic rings. The molecule has 1 rings (SSSR count). The van der Waals surface area contributed by atoms with Crippen molar-refractivity contribution in [3.63, 3.8) is 0 Å². The van der Waals surface area contributed by atoms with Gasteiger partial charge in [-0.3, -0.25) is 14.4 Å². The molecular weight excluding hydrogens is 314 g/mol. The molecule has 22 heavy (non-hydrogen) atoms. The predicted octanol–water partition coefficient (Wildman–Crippen LogP) is -0.996. The molecule has 1 saturated heterocycles. The minimum atomic E-state index is -0.968. The van der Waals surface area contributed by atoms with Crippen molar-refractivity contribution in [1.29, 1.82) is 0 Å². The van der Waals surface area contributed by atoms with Gasteiger partial charge in [-0.25, -0.2) is 0 Å². The smallest absolute Gasteiger partial charge is 0.320 e. The number of carboxylic acid groups (broad SMARTS) is 3. The summed E-state index contributed by atoms with van der Waals surface area (Å²) in [5, 5.41) is 27.1. The number of thioether (sulfide) groups is 1. The maximum Gasteiger partial charge on any atom is 0.320 e. The summed E-state index contributed by atoms with van der Waals surface area (Å²) in [4.78, 5) is 29.5. The van der Waals surface area contributed by atoms with E-state index in [1.165, 1.54) is 0 Å². The maximum atomic E-state index is 10.1. The Balaban J connectivity index is 0. The maximum absolute atomic E-state index is 10.1. The highest BCUT2D eigenvalue weighted by Crippen LogP contribution is 2.03. The second-order valence-electron chi connectivity index (χ2n) is 4.31. The van der Waals surface area contributed by atoms with Crippen molar-refractivity contribution in [2.24, 2.45) is 11.5 Å². The summed E-state index contributed by atoms with van der Waals surface area (Å²) >= 11 is 1.60. The Labute approximate surface area is 133 Å². The summed E-state index contributed by atoms with van der Waals surface area (Å²) in [7, 11) is 0. The molecule has 0 aromatic heterocycles. The van der Waals surface area contributed by atoms with Crippen LogP contribution in [0.4, 0.5) is 0 Å². The van der Waals surface area contributed by atoms with E-state index in [2.05, 4.69) is 11.1 Å². The molecule has 10 heteroatoms. The average Bonchev–Trinajstić information content (AvgIpc) is 3.00. The van der Waals surface area contributed by atoms with Crippen LogP contribution < -0.4 is 16.8 Å². The van der Waals surface area contributed by atoms with Crippen LogP contribution >= 0.6 is 11.8 Å². The lowest BCUT2D eigenvalue weighted by Crippen LogP contribution is -2.30. The quantitative estimate of drug-likeness (QED) is 0.352. The highest BCUT2D eigenvalue weighted by atomic mass is 32.2. The first-order chi connectivity index (χ1) is 10.3. The van der Waals surface area contributed by atoms with Crippen LogP contribution in [0.1, 0.15) is 19.3 Å². The van der Waals surface area contributed by atoms with Crippen molar-refractivity contribution >= 4 is 29.7 Å². The minimum absolute atomic E-state index is 0.269. The van der Waals surface area contributed by atoms with Crippen LogP contribution in [0.25, 0.3) is 0 Å². The molecular formula is C12H25N3O6S. The standard InChI is InChI=1S/C5H11NO2S.C5H9NO2.C2H5NO2/c1-9-3-2-4(6)5(7)8;7-5(8)4-2-1-3-6-4;3-1-2(4)5/h4H,2-3,6H2,1H3,(H,7,8);4,6H,1-3H2,(H,7,8);1,3H2,(H,4,5)/t;4-;/m.0./s1. The number of carboxylic acids is 3. The molecule has 8 N–H and O–H groups in total. The molecule has 0 radical (unpaired) electrons. The SMILES string of the molecule is CSCCC(N)C(=O)O.NCC(=O)O.O=C(O)[C@@H]1CCCN1. The van der Waals surface area contributed by atoms with E-state index in [1.54, 1.807) is 11.8 Å². The van der Waals surface area contributed by atoms with Crippen molar-refractivity contribution in [2.75, 3.05) is 25.1 Å².